The minimum Gasteiger partial charge on any atom is -0.497 e. The maximum Gasteiger partial charge on any atom is 0.258 e. The molecule has 0 unspecified atom stereocenters. The number of fused-ring (bicyclic) bond motifs is 12. The Morgan fingerprint density at radius 1 is 0.350 bits per heavy atom. The molecule has 0 N–H and O–H groups in total. The maximum absolute atomic E-state index is 14.4. The fraction of sp³-hybridized carbons (Fsp3) is 0.240. The molecule has 0 fully saturated rings. The van der Waals surface area contributed by atoms with E-state index in [4.69, 9.17) is 21.1 Å². The number of halogens is 3. The number of methoxy groups -OCH3 is 1. The molecule has 0 saturated heterocycles. The van der Waals surface area contributed by atoms with Crippen LogP contribution in [-0.4, -0.2) is 99.1 Å². The van der Waals surface area contributed by atoms with Crippen LogP contribution in [0.1, 0.15) is 74.6 Å². The average Bonchev–Trinajstić information content (AvgIpc) is 1.62. The van der Waals surface area contributed by atoms with Gasteiger partial charge in [-0.25, -0.2) is 8.78 Å². The summed E-state index contributed by atoms with van der Waals surface area (Å²) in [4.78, 5) is 58.4. The number of benzene rings is 8. The van der Waals surface area contributed by atoms with E-state index in [9.17, 15) is 28.0 Å². The van der Waals surface area contributed by atoms with Crippen molar-refractivity contribution < 1.29 is 18.3 Å². The van der Waals surface area contributed by atoms with Crippen molar-refractivity contribution in [2.45, 2.75) is 84.0 Å². The molecule has 608 valence electrons. The first-order valence-corrected chi connectivity index (χ1v) is 41.4. The van der Waals surface area contributed by atoms with Gasteiger partial charge in [0.2, 0.25) is 0 Å². The number of rotatable bonds is 13. The van der Waals surface area contributed by atoms with Crippen molar-refractivity contribution in [1.82, 2.24) is 51.2 Å². The third-order valence-corrected chi connectivity index (χ3v) is 24.8. The number of aryl methyl sites for hydroxylation is 7. The second-order valence-electron chi connectivity index (χ2n) is 32.2. The molecule has 0 bridgehead atoms. The van der Waals surface area contributed by atoms with E-state index >= 15 is 0 Å². The standard InChI is InChI=1S/C26H26N2O.C25H24FN3O2.C25H25N3O2.C24H21ClFN3O/c1-27-24-10-6-5-9-22(24)23-14-13-21(18-25(23)27)28-16-15-20(17-26(28)29)12-11-19-7-3-2-4-8-19;1-27-10-9-23-21(15-27)20-6-4-17(13-24(20)28(23)2)29-11-8-16(12-25(29)30)19-7-5-18(31-3)14-22(19)26;1-26-12-11-22-21-9-8-19(14-23(21)27(2)24(22)16-26)28-13-10-20(15-25(28)29)30-17-18-6-4-3-5-7-18;1-27-9-8-22-20(14-27)19-6-4-17(13-23(19)28(22)2)29-10-7-15(11-24(29)30)18-5-3-16(25)12-21(18)26/h2-4,7-8,13-18H,5-6,9-12H2,1H3;4-8,11-14H,9-10,15H2,1-3H3;3-10,13-15H,11-12,16-17H2,1-2H3;3-7,10-13H,8-9,14H2,1-2H3. The largest absolute Gasteiger partial charge is 0.497 e. The minimum atomic E-state index is -0.444. The molecule has 8 aromatic heterocycles. The van der Waals surface area contributed by atoms with E-state index in [1.54, 1.807) is 85.4 Å². The predicted molar refractivity (Wildman–Crippen MR) is 478 cm³/mol. The highest BCUT2D eigenvalue weighted by molar-refractivity contribution is 6.30. The van der Waals surface area contributed by atoms with Crippen LogP contribution in [0.5, 0.6) is 11.5 Å². The van der Waals surface area contributed by atoms with Gasteiger partial charge in [0.25, 0.3) is 22.2 Å². The van der Waals surface area contributed by atoms with Crippen LogP contribution >= 0.6 is 11.6 Å². The van der Waals surface area contributed by atoms with Crippen LogP contribution in [0.2, 0.25) is 5.02 Å². The Balaban J connectivity index is 0.000000114. The maximum atomic E-state index is 14.4. The van der Waals surface area contributed by atoms with E-state index in [1.807, 2.05) is 66.9 Å². The first-order chi connectivity index (χ1) is 58.2. The van der Waals surface area contributed by atoms with Gasteiger partial charge in [-0.3, -0.25) is 37.4 Å². The Morgan fingerprint density at radius 2 is 0.767 bits per heavy atom. The number of ether oxygens (including phenoxy) is 2. The summed E-state index contributed by atoms with van der Waals surface area (Å²) in [6, 6.07) is 68.2. The van der Waals surface area contributed by atoms with Crippen LogP contribution in [0.3, 0.4) is 0 Å². The van der Waals surface area contributed by atoms with Gasteiger partial charge in [-0.15, -0.1) is 0 Å². The fourth-order valence-electron chi connectivity index (χ4n) is 18.0. The summed E-state index contributed by atoms with van der Waals surface area (Å²) in [5.41, 5.74) is 24.1. The van der Waals surface area contributed by atoms with Crippen LogP contribution < -0.4 is 31.7 Å². The quantitative estimate of drug-likeness (QED) is 0.110. The third-order valence-electron chi connectivity index (χ3n) is 24.6. The Kier molecular flexibility index (Phi) is 22.6. The van der Waals surface area contributed by atoms with Gasteiger partial charge >= 0.3 is 0 Å². The molecule has 11 heterocycles. The monoisotopic (exact) mass is 1620 g/mol. The number of hydrogen-bond donors (Lipinski definition) is 0. The summed E-state index contributed by atoms with van der Waals surface area (Å²) < 4.78 is 55.3. The topological polar surface area (TPSA) is 136 Å². The Labute approximate surface area is 700 Å². The number of likely N-dealkylation sites (N-methyl/N-ethyl adjacent to an activating group) is 3. The van der Waals surface area contributed by atoms with Crippen molar-refractivity contribution in [2.75, 3.05) is 47.9 Å². The van der Waals surface area contributed by atoms with Crippen molar-refractivity contribution >= 4 is 55.2 Å². The molecule has 0 atom stereocenters. The molecule has 20 heteroatoms. The molecule has 17 nitrogen and oxygen atoms in total. The molecule has 3 aliphatic heterocycles. The van der Waals surface area contributed by atoms with Crippen molar-refractivity contribution in [3.05, 3.63) is 363 Å². The minimum absolute atomic E-state index is 0.0360. The van der Waals surface area contributed by atoms with Gasteiger partial charge in [0.15, 0.2) is 0 Å². The first-order valence-electron chi connectivity index (χ1n) is 41.1. The van der Waals surface area contributed by atoms with Crippen LogP contribution in [0.4, 0.5) is 8.78 Å². The molecule has 0 radical (unpaired) electrons. The van der Waals surface area contributed by atoms with Crippen molar-refractivity contribution in [3.63, 3.8) is 0 Å². The van der Waals surface area contributed by atoms with Gasteiger partial charge in [0.05, 0.1) is 51.9 Å². The number of hydrogen-bond acceptors (Lipinski definition) is 9. The van der Waals surface area contributed by atoms with Gasteiger partial charge in [0.1, 0.15) is 29.7 Å². The highest BCUT2D eigenvalue weighted by atomic mass is 35.5. The van der Waals surface area contributed by atoms with Crippen molar-refractivity contribution in [2.24, 2.45) is 28.2 Å². The molecule has 0 saturated carbocycles. The third kappa shape index (κ3) is 16.0. The van der Waals surface area contributed by atoms with Crippen molar-refractivity contribution in [1.29, 1.82) is 0 Å². The van der Waals surface area contributed by atoms with E-state index in [0.29, 0.717) is 45.4 Å². The summed E-state index contributed by atoms with van der Waals surface area (Å²) in [5.74, 6) is 0.163. The summed E-state index contributed by atoms with van der Waals surface area (Å²) in [7, 11) is 16.4. The van der Waals surface area contributed by atoms with E-state index in [1.165, 1.54) is 134 Å². The van der Waals surface area contributed by atoms with Gasteiger partial charge in [-0.2, -0.15) is 0 Å². The van der Waals surface area contributed by atoms with Crippen LogP contribution in [0.25, 0.3) is 88.6 Å². The lowest BCUT2D eigenvalue weighted by Gasteiger charge is -2.23. The van der Waals surface area contributed by atoms with E-state index in [0.717, 1.165) is 123 Å². The molecule has 0 spiro atoms. The summed E-state index contributed by atoms with van der Waals surface area (Å²) >= 11 is 5.84. The zero-order chi connectivity index (χ0) is 83.1. The fourth-order valence-corrected chi connectivity index (χ4v) is 18.2. The average molecular weight is 1620 g/mol. The van der Waals surface area contributed by atoms with Crippen LogP contribution in [-0.2, 0) is 99.4 Å². The second-order valence-corrected chi connectivity index (χ2v) is 32.6. The smallest absolute Gasteiger partial charge is 0.258 e. The summed E-state index contributed by atoms with van der Waals surface area (Å²) in [6.07, 6.45) is 16.9. The zero-order valence-electron chi connectivity index (χ0n) is 68.9. The number of pyridine rings is 4. The number of aromatic nitrogens is 8. The molecular formula is C100H96ClF2N11O6. The van der Waals surface area contributed by atoms with E-state index in [-0.39, 0.29) is 22.2 Å². The SMILES string of the molecule is CN1CCc2c(c3ccc(-n4ccc(-c5ccc(Cl)cc5F)cc4=O)cc3n2C)C1.CN1CCc2c(n(C)c3cc(-n4ccc(OCc5ccccc5)cc4=O)ccc23)C1.COc1ccc(-c2ccn(-c3ccc4c5c(n(C)c4c3)CCN(C)C5)c(=O)c2)c(F)c1.Cn1c2c(c3ccc(-n4ccc(CCc5ccccc5)cc4=O)cc31)CCCC2. The summed E-state index contributed by atoms with van der Waals surface area (Å²) in [6.45, 7) is 6.46. The van der Waals surface area contributed by atoms with Gasteiger partial charge in [-0.1, -0.05) is 96.5 Å². The Hall–Kier alpha value is -12.7. The van der Waals surface area contributed by atoms with Gasteiger partial charge in [0, 0.05) is 196 Å². The Bertz CT molecular complexity index is 6870. The molecule has 120 heavy (non-hydrogen) atoms. The predicted octanol–water partition coefficient (Wildman–Crippen LogP) is 17.8. The molecule has 0 amide bonds. The van der Waals surface area contributed by atoms with Crippen LogP contribution in [0.15, 0.2) is 262 Å². The second kappa shape index (κ2) is 34.0. The molecule has 8 aromatic carbocycles. The highest BCUT2D eigenvalue weighted by Crippen LogP contribution is 2.37. The van der Waals surface area contributed by atoms with Gasteiger partial charge in [-0.05, 0) is 219 Å². The molecular weight excluding hydrogens is 1520 g/mol. The molecule has 20 rings (SSSR count). The lowest BCUT2D eigenvalue weighted by atomic mass is 9.95. The highest BCUT2D eigenvalue weighted by Gasteiger charge is 2.26. The lowest BCUT2D eigenvalue weighted by molar-refractivity contribution is 0.305. The number of nitrogens with zero attached hydrogens (tertiary/aromatic N) is 11. The van der Waals surface area contributed by atoms with E-state index in [2.05, 4.69) is 167 Å². The van der Waals surface area contributed by atoms with Crippen molar-refractivity contribution in [3.8, 4) is 56.5 Å². The normalized spacial score (nSPS) is 14.0. The molecule has 4 aliphatic rings. The lowest BCUT2D eigenvalue weighted by Crippen LogP contribution is -2.27. The molecule has 16 aromatic rings. The Morgan fingerprint density at radius 3 is 1.26 bits per heavy atom. The zero-order valence-corrected chi connectivity index (χ0v) is 69.7. The van der Waals surface area contributed by atoms with Gasteiger partial charge < -0.3 is 42.4 Å². The molecule has 1 aliphatic carbocycles. The van der Waals surface area contributed by atoms with E-state index < -0.39 is 11.6 Å². The van der Waals surface area contributed by atoms with Crippen LogP contribution in [0, 0.1) is 11.6 Å². The first kappa shape index (κ1) is 79.8. The summed E-state index contributed by atoms with van der Waals surface area (Å²) in [5, 5.41) is 5.43.